The Kier molecular flexibility index (Phi) is 9.19. The van der Waals surface area contributed by atoms with Crippen molar-refractivity contribution in [1.82, 2.24) is 20.4 Å². The Bertz CT molecular complexity index is 1560. The van der Waals surface area contributed by atoms with Gasteiger partial charge in [-0.25, -0.2) is 9.59 Å². The topological polar surface area (TPSA) is 203 Å². The highest BCUT2D eigenvalue weighted by molar-refractivity contribution is 8.02. The van der Waals surface area contributed by atoms with Gasteiger partial charge < -0.3 is 41.4 Å². The zero-order valence-corrected chi connectivity index (χ0v) is 28.9. The number of hydrogen-bond donors (Lipinski definition) is 4. The molecule has 4 aliphatic rings. The van der Waals surface area contributed by atoms with E-state index in [0.717, 1.165) is 0 Å². The molecule has 0 bridgehead atoms. The Hall–Kier alpha value is -4.12. The number of fused-ring (bicyclic) bond motifs is 2. The van der Waals surface area contributed by atoms with Crippen molar-refractivity contribution in [1.29, 1.82) is 0 Å². The Morgan fingerprint density at radius 3 is 1.39 bits per heavy atom. The van der Waals surface area contributed by atoms with Crippen molar-refractivity contribution in [3.05, 3.63) is 71.8 Å². The molecule has 6 N–H and O–H groups in total. The summed E-state index contributed by atoms with van der Waals surface area (Å²) in [6.07, 6.45) is 0. The van der Waals surface area contributed by atoms with Crippen LogP contribution in [0.3, 0.4) is 0 Å². The van der Waals surface area contributed by atoms with E-state index < -0.39 is 98.9 Å². The first kappa shape index (κ1) is 34.7. The van der Waals surface area contributed by atoms with E-state index >= 15 is 0 Å². The van der Waals surface area contributed by atoms with E-state index in [1.165, 1.54) is 33.3 Å². The molecule has 2 aromatic rings. The normalized spacial score (nSPS) is 28.6. The molecule has 260 valence electrons. The van der Waals surface area contributed by atoms with Crippen LogP contribution in [0.5, 0.6) is 0 Å². The maximum Gasteiger partial charge on any atom is 0.333 e. The molecule has 49 heavy (non-hydrogen) atoms. The molecule has 4 amide bonds. The van der Waals surface area contributed by atoms with E-state index in [9.17, 15) is 28.8 Å². The third-order valence-corrected chi connectivity index (χ3v) is 12.4. The largest absolute Gasteiger partial charge is 0.426 e. The zero-order valence-electron chi connectivity index (χ0n) is 27.2. The highest BCUT2D eigenvalue weighted by atomic mass is 32.2. The molecule has 2 aromatic carbocycles. The van der Waals surface area contributed by atoms with Crippen LogP contribution in [-0.4, -0.2) is 96.6 Å². The molecule has 4 fully saturated rings. The number of thioether (sulfide) groups is 2. The lowest BCUT2D eigenvalue weighted by atomic mass is 9.95. The standard InChI is InChI=1S/C33H38N6O8S2/c1-32(2)22(38-26(42)20(28(38)48-32)36-24(40)18(34)16-11-7-5-8-12-16)30(44)46-15-47-31(45)23-33(3,4)49-29-21(27(43)39(23)29)37-25(41)19(35)17-13-9-6-10-14-17/h5-14,18-23,28-29H,15,34-35H2,1-4H3,(H,36,40)(H,37,41)/t18?,19?,20-,21+,22-,23-,28+,29+/m0/s1. The summed E-state index contributed by atoms with van der Waals surface area (Å²) in [4.78, 5) is 81.3. The number of esters is 2. The molecule has 16 heteroatoms. The van der Waals surface area contributed by atoms with Crippen LogP contribution < -0.4 is 22.1 Å². The fraction of sp³-hybridized carbons (Fsp3) is 0.455. The lowest BCUT2D eigenvalue weighted by Crippen LogP contribution is -2.71. The van der Waals surface area contributed by atoms with Gasteiger partial charge in [-0.2, -0.15) is 0 Å². The summed E-state index contributed by atoms with van der Waals surface area (Å²) in [5.41, 5.74) is 13.4. The second kappa shape index (κ2) is 13.0. The van der Waals surface area contributed by atoms with Crippen LogP contribution in [0.1, 0.15) is 50.9 Å². The van der Waals surface area contributed by atoms with E-state index in [1.54, 1.807) is 88.4 Å². The minimum Gasteiger partial charge on any atom is -0.426 e. The summed E-state index contributed by atoms with van der Waals surface area (Å²) in [5.74, 6) is -3.48. The highest BCUT2D eigenvalue weighted by Gasteiger charge is 2.66. The van der Waals surface area contributed by atoms with Gasteiger partial charge in [0.05, 0.1) is 0 Å². The molecule has 0 saturated carbocycles. The monoisotopic (exact) mass is 710 g/mol. The third kappa shape index (κ3) is 6.15. The van der Waals surface area contributed by atoms with Gasteiger partial charge in [0.2, 0.25) is 30.4 Å². The molecule has 2 unspecified atom stereocenters. The van der Waals surface area contributed by atoms with Gasteiger partial charge in [-0.15, -0.1) is 23.5 Å². The van der Waals surface area contributed by atoms with E-state index in [4.69, 9.17) is 20.9 Å². The van der Waals surface area contributed by atoms with Gasteiger partial charge in [-0.3, -0.25) is 19.2 Å². The summed E-state index contributed by atoms with van der Waals surface area (Å²) in [6.45, 7) is 6.40. The van der Waals surface area contributed by atoms with Crippen LogP contribution in [-0.2, 0) is 38.2 Å². The lowest BCUT2D eigenvalue weighted by molar-refractivity contribution is -0.181. The summed E-state index contributed by atoms with van der Waals surface area (Å²) >= 11 is 2.69. The smallest absolute Gasteiger partial charge is 0.333 e. The second-order valence-electron chi connectivity index (χ2n) is 13.3. The molecule has 4 saturated heterocycles. The van der Waals surface area contributed by atoms with E-state index in [0.29, 0.717) is 11.1 Å². The average Bonchev–Trinajstić information content (AvgIpc) is 3.49. The molecule has 0 aromatic heterocycles. The number of rotatable bonds is 10. The minimum absolute atomic E-state index is 0.450. The third-order valence-electron chi connectivity index (χ3n) is 9.21. The number of carbonyl (C=O) groups excluding carboxylic acids is 6. The van der Waals surface area contributed by atoms with Gasteiger partial charge in [0.1, 0.15) is 47.0 Å². The van der Waals surface area contributed by atoms with Crippen LogP contribution in [0.4, 0.5) is 0 Å². The number of nitrogens with one attached hydrogen (secondary N) is 2. The van der Waals surface area contributed by atoms with Crippen molar-refractivity contribution in [3.63, 3.8) is 0 Å². The Balaban J connectivity index is 1.02. The summed E-state index contributed by atoms with van der Waals surface area (Å²) in [6, 6.07) is 11.9. The molecular weight excluding hydrogens is 673 g/mol. The van der Waals surface area contributed by atoms with Gasteiger partial charge in [-0.05, 0) is 38.8 Å². The van der Waals surface area contributed by atoms with Crippen LogP contribution in [0.2, 0.25) is 0 Å². The molecule has 0 spiro atoms. The molecule has 4 heterocycles. The zero-order chi connectivity index (χ0) is 35.4. The molecule has 0 radical (unpaired) electrons. The summed E-state index contributed by atoms with van der Waals surface area (Å²) < 4.78 is 9.12. The number of ether oxygens (including phenoxy) is 2. The number of benzene rings is 2. The van der Waals surface area contributed by atoms with Crippen molar-refractivity contribution in [2.45, 2.75) is 84.2 Å². The maximum atomic E-state index is 13.3. The van der Waals surface area contributed by atoms with Gasteiger partial charge in [0.15, 0.2) is 0 Å². The van der Waals surface area contributed by atoms with Crippen molar-refractivity contribution in [2.75, 3.05) is 6.79 Å². The Morgan fingerprint density at radius 2 is 1.04 bits per heavy atom. The SMILES string of the molecule is CC1(C)S[C@@H]2[C@H](NC(=O)C(N)c3ccccc3)C(=O)N2[C@H]1C(=O)OCOC(=O)[C@@H]1N2C(=O)[C@H](NC(=O)C(N)c3ccccc3)[C@H]2SC1(C)C. The van der Waals surface area contributed by atoms with Crippen LogP contribution in [0.15, 0.2) is 60.7 Å². The van der Waals surface area contributed by atoms with Crippen LogP contribution >= 0.6 is 23.5 Å². The lowest BCUT2D eigenvalue weighted by Gasteiger charge is -2.44. The average molecular weight is 711 g/mol. The fourth-order valence-corrected chi connectivity index (χ4v) is 9.91. The summed E-state index contributed by atoms with van der Waals surface area (Å²) in [5, 5.41) is 4.39. The second-order valence-corrected chi connectivity index (χ2v) is 16.9. The first-order valence-corrected chi connectivity index (χ1v) is 17.4. The minimum atomic E-state index is -1.00. The quantitative estimate of drug-likeness (QED) is 0.152. The van der Waals surface area contributed by atoms with Gasteiger partial charge >= 0.3 is 11.9 Å². The maximum absolute atomic E-state index is 13.3. The number of hydrogen-bond acceptors (Lipinski definition) is 12. The highest BCUT2D eigenvalue weighted by Crippen LogP contribution is 2.52. The number of carbonyl (C=O) groups is 6. The van der Waals surface area contributed by atoms with Crippen LogP contribution in [0, 0.1) is 0 Å². The van der Waals surface area contributed by atoms with E-state index in [1.807, 2.05) is 0 Å². The summed E-state index contributed by atoms with van der Waals surface area (Å²) in [7, 11) is 0. The van der Waals surface area contributed by atoms with Crippen molar-refractivity contribution >= 4 is 59.1 Å². The molecule has 4 aliphatic heterocycles. The molecule has 8 atom stereocenters. The van der Waals surface area contributed by atoms with Crippen molar-refractivity contribution in [2.24, 2.45) is 11.5 Å². The number of amides is 4. The predicted molar refractivity (Wildman–Crippen MR) is 180 cm³/mol. The number of nitrogens with zero attached hydrogens (tertiary/aromatic N) is 2. The first-order chi connectivity index (χ1) is 23.1. The molecular formula is C33H38N6O8S2. The Labute approximate surface area is 291 Å². The molecule has 14 nitrogen and oxygen atoms in total. The van der Waals surface area contributed by atoms with Crippen molar-refractivity contribution in [3.8, 4) is 0 Å². The van der Waals surface area contributed by atoms with Crippen molar-refractivity contribution < 1.29 is 38.2 Å². The van der Waals surface area contributed by atoms with Gasteiger partial charge in [-0.1, -0.05) is 60.7 Å². The fourth-order valence-electron chi connectivity index (χ4n) is 6.67. The van der Waals surface area contributed by atoms with E-state index in [-0.39, 0.29) is 0 Å². The number of β-lactam (4-membered cyclic amide) rings is 2. The van der Waals surface area contributed by atoms with Gasteiger partial charge in [0, 0.05) is 9.49 Å². The molecule has 6 rings (SSSR count). The Morgan fingerprint density at radius 1 is 0.694 bits per heavy atom. The van der Waals surface area contributed by atoms with E-state index in [2.05, 4.69) is 10.6 Å². The van der Waals surface area contributed by atoms with Crippen LogP contribution in [0.25, 0.3) is 0 Å². The first-order valence-electron chi connectivity index (χ1n) is 15.7. The van der Waals surface area contributed by atoms with Gasteiger partial charge in [0.25, 0.3) is 0 Å². The predicted octanol–water partition coefficient (Wildman–Crippen LogP) is 0.525. The number of nitrogens with two attached hydrogens (primary N) is 2. The molecule has 0 aliphatic carbocycles.